The number of hydrogen-bond donors (Lipinski definition) is 2. The van der Waals surface area contributed by atoms with E-state index in [4.69, 9.17) is 5.73 Å². The quantitative estimate of drug-likeness (QED) is 0.324. The number of rotatable bonds is 4. The largest absolute Gasteiger partial charge is 0.330 e. The normalized spacial score (nSPS) is 9.43. The van der Waals surface area contributed by atoms with E-state index in [0.29, 0.717) is 6.61 Å². The summed E-state index contributed by atoms with van der Waals surface area (Å²) in [5.41, 5.74) is 5.19. The first-order valence-corrected chi connectivity index (χ1v) is 2.74. The highest BCUT2D eigenvalue weighted by molar-refractivity contribution is 7.75. The number of thiol groups is 1. The van der Waals surface area contributed by atoms with E-state index < -0.39 is 0 Å². The van der Waals surface area contributed by atoms with Gasteiger partial charge in [0.05, 0.1) is 6.61 Å². The van der Waals surface area contributed by atoms with Crippen molar-refractivity contribution in [3.8, 4) is 0 Å². The van der Waals surface area contributed by atoms with E-state index in [1.807, 2.05) is 0 Å². The van der Waals surface area contributed by atoms with E-state index >= 15 is 0 Å². The molecule has 0 spiro atoms. The van der Waals surface area contributed by atoms with Crippen LogP contribution in [-0.4, -0.2) is 13.2 Å². The van der Waals surface area contributed by atoms with Crippen molar-refractivity contribution in [3.63, 3.8) is 0 Å². The number of unbranched alkanes of at least 4 members (excludes halogenated alkanes) is 1. The second-order valence-corrected chi connectivity index (χ2v) is 1.59. The summed E-state index contributed by atoms with van der Waals surface area (Å²) in [6.07, 6.45) is 2.04. The first kappa shape index (κ1) is 7.27. The van der Waals surface area contributed by atoms with Crippen molar-refractivity contribution in [2.75, 3.05) is 13.2 Å². The first-order valence-electron chi connectivity index (χ1n) is 2.38. The molecular weight excluding hydrogens is 110 g/mol. The smallest absolute Gasteiger partial charge is 0.0611 e. The number of hydrogen-bond acceptors (Lipinski definition) is 3. The highest BCUT2D eigenvalue weighted by atomic mass is 32.1. The molecule has 0 aromatic rings. The van der Waals surface area contributed by atoms with Gasteiger partial charge in [-0.15, -0.1) is 0 Å². The lowest BCUT2D eigenvalue weighted by molar-refractivity contribution is 0.367. The lowest BCUT2D eigenvalue weighted by Gasteiger charge is -1.91. The molecule has 0 atom stereocenters. The second kappa shape index (κ2) is 6.27. The van der Waals surface area contributed by atoms with Crippen LogP contribution in [0.2, 0.25) is 0 Å². The van der Waals surface area contributed by atoms with Crippen molar-refractivity contribution in [1.82, 2.24) is 0 Å². The predicted octanol–water partition coefficient (Wildman–Crippen LogP) is 0.587. The van der Waals surface area contributed by atoms with E-state index in [2.05, 4.69) is 17.1 Å². The summed E-state index contributed by atoms with van der Waals surface area (Å²) < 4.78 is 4.48. The molecule has 0 aromatic carbocycles. The van der Waals surface area contributed by atoms with E-state index in [0.717, 1.165) is 19.4 Å². The summed E-state index contributed by atoms with van der Waals surface area (Å²) in [6.45, 7) is 1.46. The van der Waals surface area contributed by atoms with E-state index in [1.54, 1.807) is 0 Å². The Balaban J connectivity index is 2.45. The highest BCUT2D eigenvalue weighted by Crippen LogP contribution is 1.87. The van der Waals surface area contributed by atoms with Gasteiger partial charge in [-0.3, -0.25) is 0 Å². The molecule has 0 bridgehead atoms. The van der Waals surface area contributed by atoms with Gasteiger partial charge in [0.15, 0.2) is 0 Å². The molecule has 0 rings (SSSR count). The van der Waals surface area contributed by atoms with Crippen molar-refractivity contribution in [1.29, 1.82) is 0 Å². The maximum Gasteiger partial charge on any atom is 0.0611 e. The van der Waals surface area contributed by atoms with Crippen LogP contribution >= 0.6 is 12.9 Å². The molecule has 0 aliphatic rings. The Morgan fingerprint density at radius 3 is 2.57 bits per heavy atom. The molecule has 0 unspecified atom stereocenters. The molecule has 0 fully saturated rings. The topological polar surface area (TPSA) is 35.2 Å². The zero-order valence-electron chi connectivity index (χ0n) is 4.26. The summed E-state index contributed by atoms with van der Waals surface area (Å²) in [4.78, 5) is 0. The van der Waals surface area contributed by atoms with Crippen molar-refractivity contribution in [2.24, 2.45) is 5.73 Å². The summed E-state index contributed by atoms with van der Waals surface area (Å²) in [5.74, 6) is 0. The second-order valence-electron chi connectivity index (χ2n) is 1.33. The Labute approximate surface area is 49.7 Å². The summed E-state index contributed by atoms with van der Waals surface area (Å²) >= 11 is 3.55. The zero-order valence-corrected chi connectivity index (χ0v) is 5.16. The fraction of sp³-hybridized carbons (Fsp3) is 1.00. The van der Waals surface area contributed by atoms with Crippen molar-refractivity contribution >= 4 is 12.9 Å². The Morgan fingerprint density at radius 2 is 2.14 bits per heavy atom. The summed E-state index contributed by atoms with van der Waals surface area (Å²) in [7, 11) is 0. The van der Waals surface area contributed by atoms with Crippen LogP contribution in [0.25, 0.3) is 0 Å². The lowest BCUT2D eigenvalue weighted by atomic mass is 10.3. The minimum Gasteiger partial charge on any atom is -0.330 e. The van der Waals surface area contributed by atoms with Crippen LogP contribution in [0.5, 0.6) is 0 Å². The molecule has 44 valence electrons. The van der Waals surface area contributed by atoms with E-state index in [1.165, 1.54) is 0 Å². The van der Waals surface area contributed by atoms with Gasteiger partial charge in [0.25, 0.3) is 0 Å². The molecule has 0 aliphatic heterocycles. The Hall–Kier alpha value is 0.270. The van der Waals surface area contributed by atoms with Crippen LogP contribution in [0.1, 0.15) is 12.8 Å². The van der Waals surface area contributed by atoms with Crippen LogP contribution in [0, 0.1) is 0 Å². The molecule has 0 aliphatic carbocycles. The molecule has 7 heavy (non-hydrogen) atoms. The fourth-order valence-corrected chi connectivity index (χ4v) is 0.440. The van der Waals surface area contributed by atoms with Gasteiger partial charge in [-0.05, 0) is 32.3 Å². The van der Waals surface area contributed by atoms with Gasteiger partial charge < -0.3 is 9.92 Å². The third-order valence-corrected chi connectivity index (χ3v) is 0.872. The molecule has 0 amide bonds. The van der Waals surface area contributed by atoms with Gasteiger partial charge in [-0.25, -0.2) is 0 Å². The number of nitrogens with two attached hydrogens (primary N) is 1. The maximum absolute atomic E-state index is 5.19. The Morgan fingerprint density at radius 1 is 1.43 bits per heavy atom. The van der Waals surface area contributed by atoms with Gasteiger partial charge in [0.1, 0.15) is 0 Å². The van der Waals surface area contributed by atoms with Crippen LogP contribution in [0.4, 0.5) is 0 Å². The van der Waals surface area contributed by atoms with Gasteiger partial charge in [-0.1, -0.05) is 0 Å². The molecule has 0 radical (unpaired) electrons. The lowest BCUT2D eigenvalue weighted by Crippen LogP contribution is -1.99. The molecule has 2 N–H and O–H groups in total. The predicted molar refractivity (Wildman–Crippen MR) is 33.2 cm³/mol. The van der Waals surface area contributed by atoms with Gasteiger partial charge in [0, 0.05) is 0 Å². The SMILES string of the molecule is NCCCCOS. The zero-order chi connectivity index (χ0) is 5.54. The Bertz CT molecular complexity index is 30.9. The molecule has 2 nitrogen and oxygen atoms in total. The fourth-order valence-electron chi connectivity index (χ4n) is 0.311. The van der Waals surface area contributed by atoms with Crippen molar-refractivity contribution in [2.45, 2.75) is 12.8 Å². The monoisotopic (exact) mass is 121 g/mol. The van der Waals surface area contributed by atoms with Crippen LogP contribution in [0.3, 0.4) is 0 Å². The van der Waals surface area contributed by atoms with Crippen LogP contribution in [0.15, 0.2) is 0 Å². The molecule has 0 saturated carbocycles. The minimum atomic E-state index is 0.709. The molecule has 0 aromatic heterocycles. The van der Waals surface area contributed by atoms with Crippen LogP contribution in [-0.2, 0) is 4.18 Å². The third-order valence-electron chi connectivity index (χ3n) is 0.690. The average Bonchev–Trinajstić information content (AvgIpc) is 1.69. The van der Waals surface area contributed by atoms with Crippen LogP contribution < -0.4 is 5.73 Å². The highest BCUT2D eigenvalue weighted by Gasteiger charge is 1.80. The van der Waals surface area contributed by atoms with E-state index in [9.17, 15) is 0 Å². The van der Waals surface area contributed by atoms with Crippen molar-refractivity contribution in [3.05, 3.63) is 0 Å². The maximum atomic E-state index is 5.19. The Kier molecular flexibility index (Phi) is 6.51. The molecule has 3 heteroatoms. The first-order chi connectivity index (χ1) is 3.41. The molecular formula is C4H11NOS. The van der Waals surface area contributed by atoms with E-state index in [-0.39, 0.29) is 0 Å². The standard InChI is InChI=1S/C4H11NOS/c5-3-1-2-4-6-7/h7H,1-5H2. The summed E-state index contributed by atoms with van der Waals surface area (Å²) in [6, 6.07) is 0. The van der Waals surface area contributed by atoms with Gasteiger partial charge in [-0.2, -0.15) is 0 Å². The third kappa shape index (κ3) is 6.27. The van der Waals surface area contributed by atoms with Gasteiger partial charge >= 0.3 is 0 Å². The molecule has 0 heterocycles. The van der Waals surface area contributed by atoms with Gasteiger partial charge in [0.2, 0.25) is 0 Å². The average molecular weight is 121 g/mol. The summed E-state index contributed by atoms with van der Waals surface area (Å²) in [5, 5.41) is 0. The molecule has 0 saturated heterocycles. The van der Waals surface area contributed by atoms with Crippen molar-refractivity contribution < 1.29 is 4.18 Å². The minimum absolute atomic E-state index is 0.709.